The van der Waals surface area contributed by atoms with E-state index in [4.69, 9.17) is 5.10 Å². The predicted octanol–water partition coefficient (Wildman–Crippen LogP) is 5.24. The third-order valence-corrected chi connectivity index (χ3v) is 5.67. The highest BCUT2D eigenvalue weighted by atomic mass is 79.9. The van der Waals surface area contributed by atoms with Crippen LogP contribution >= 0.6 is 15.9 Å². The number of nitrogens with zero attached hydrogens (tertiary/aromatic N) is 4. The van der Waals surface area contributed by atoms with Crippen LogP contribution in [0.25, 0.3) is 16.8 Å². The molecule has 4 aromatic rings. The molecule has 152 valence electrons. The van der Waals surface area contributed by atoms with Gasteiger partial charge < -0.3 is 5.32 Å². The summed E-state index contributed by atoms with van der Waals surface area (Å²) in [4.78, 5) is 12.8. The van der Waals surface area contributed by atoms with Crippen molar-refractivity contribution in [2.24, 2.45) is 0 Å². The average molecular weight is 464 g/mol. The first kappa shape index (κ1) is 20.2. The highest BCUT2D eigenvalue weighted by Gasteiger charge is 2.21. The molecule has 0 aliphatic heterocycles. The molecule has 0 spiro atoms. The Hall–Kier alpha value is -3.06. The molecule has 0 atom stereocenters. The Bertz CT molecular complexity index is 1210. The van der Waals surface area contributed by atoms with Crippen LogP contribution in [0.1, 0.15) is 41.3 Å². The molecule has 30 heavy (non-hydrogen) atoms. The molecule has 6 nitrogen and oxygen atoms in total. The minimum Gasteiger partial charge on any atom is -0.321 e. The van der Waals surface area contributed by atoms with Gasteiger partial charge in [0.15, 0.2) is 11.3 Å². The normalized spacial score (nSPS) is 11.1. The van der Waals surface area contributed by atoms with Crippen LogP contribution < -0.4 is 5.32 Å². The largest absolute Gasteiger partial charge is 0.321 e. The first-order valence-electron chi connectivity index (χ1n) is 9.93. The van der Waals surface area contributed by atoms with E-state index >= 15 is 0 Å². The van der Waals surface area contributed by atoms with Gasteiger partial charge in [-0.15, -0.1) is 10.2 Å². The maximum Gasteiger partial charge on any atom is 0.278 e. The number of nitrogens with one attached hydrogen (secondary N) is 1. The number of rotatable bonds is 5. The van der Waals surface area contributed by atoms with Gasteiger partial charge in [-0.2, -0.15) is 5.10 Å². The number of benzene rings is 2. The van der Waals surface area contributed by atoms with E-state index < -0.39 is 0 Å². The molecule has 1 amide bonds. The maximum atomic E-state index is 12.8. The van der Waals surface area contributed by atoms with Crippen molar-refractivity contribution < 1.29 is 4.79 Å². The molecule has 1 N–H and O–H groups in total. The van der Waals surface area contributed by atoms with Gasteiger partial charge >= 0.3 is 0 Å². The van der Waals surface area contributed by atoms with Crippen LogP contribution in [-0.2, 0) is 12.8 Å². The van der Waals surface area contributed by atoms with E-state index in [1.807, 2.05) is 55.5 Å². The quantitative estimate of drug-likeness (QED) is 0.439. The number of carbonyl (C=O) groups excluding carboxylic acids is 1. The van der Waals surface area contributed by atoms with Gasteiger partial charge in [-0.1, -0.05) is 54.0 Å². The summed E-state index contributed by atoms with van der Waals surface area (Å²) in [5.74, 6) is -0.301. The summed E-state index contributed by atoms with van der Waals surface area (Å²) in [7, 11) is 0. The fourth-order valence-corrected chi connectivity index (χ4v) is 3.70. The van der Waals surface area contributed by atoms with E-state index in [1.165, 1.54) is 5.56 Å². The molecule has 0 saturated heterocycles. The maximum absolute atomic E-state index is 12.8. The Morgan fingerprint density at radius 3 is 2.33 bits per heavy atom. The Balaban J connectivity index is 1.73. The number of aryl methyl sites for hydroxylation is 3. The molecule has 0 saturated carbocycles. The Morgan fingerprint density at radius 2 is 1.70 bits per heavy atom. The molecule has 0 radical (unpaired) electrons. The number of hydrogen-bond acceptors (Lipinski definition) is 4. The summed E-state index contributed by atoms with van der Waals surface area (Å²) in [5.41, 5.74) is 6.39. The fourth-order valence-electron chi connectivity index (χ4n) is 3.43. The van der Waals surface area contributed by atoms with Crippen molar-refractivity contribution in [3.8, 4) is 11.1 Å². The number of fused-ring (bicyclic) bond motifs is 1. The van der Waals surface area contributed by atoms with Crippen LogP contribution in [0.15, 0.2) is 53.0 Å². The summed E-state index contributed by atoms with van der Waals surface area (Å²) in [6.45, 7) is 5.99. The van der Waals surface area contributed by atoms with Crippen LogP contribution in [-0.4, -0.2) is 25.7 Å². The second-order valence-electron chi connectivity index (χ2n) is 7.06. The van der Waals surface area contributed by atoms with Crippen LogP contribution in [0.3, 0.4) is 0 Å². The Labute approximate surface area is 183 Å². The van der Waals surface area contributed by atoms with Crippen molar-refractivity contribution in [2.45, 2.75) is 33.6 Å². The van der Waals surface area contributed by atoms with Gasteiger partial charge in [-0.05, 0) is 55.2 Å². The second kappa shape index (κ2) is 8.36. The number of anilines is 1. The zero-order valence-electron chi connectivity index (χ0n) is 17.1. The molecule has 2 aromatic heterocycles. The first-order chi connectivity index (χ1) is 14.5. The van der Waals surface area contributed by atoms with Crippen molar-refractivity contribution in [2.75, 3.05) is 5.32 Å². The smallest absolute Gasteiger partial charge is 0.278 e. The van der Waals surface area contributed by atoms with Gasteiger partial charge in [-0.3, -0.25) is 4.79 Å². The first-order valence-corrected chi connectivity index (χ1v) is 10.7. The van der Waals surface area contributed by atoms with E-state index in [9.17, 15) is 4.79 Å². The van der Waals surface area contributed by atoms with Gasteiger partial charge in [-0.25, -0.2) is 4.52 Å². The SMILES string of the molecule is CCc1ccc(NC(=O)c2nnc3c(-c4ccc(Br)cc4)c(CC)nn3c2C)cc1. The van der Waals surface area contributed by atoms with Crippen molar-refractivity contribution in [1.82, 2.24) is 19.8 Å². The molecule has 7 heteroatoms. The molecule has 0 aliphatic carbocycles. The topological polar surface area (TPSA) is 72.2 Å². The average Bonchev–Trinajstić information content (AvgIpc) is 3.14. The monoisotopic (exact) mass is 463 g/mol. The molecule has 2 heterocycles. The van der Waals surface area contributed by atoms with Crippen LogP contribution in [0, 0.1) is 6.92 Å². The summed E-state index contributed by atoms with van der Waals surface area (Å²) >= 11 is 3.47. The number of hydrogen-bond donors (Lipinski definition) is 1. The van der Waals surface area contributed by atoms with Crippen molar-refractivity contribution in [3.05, 3.63) is 75.6 Å². The van der Waals surface area contributed by atoms with Gasteiger partial charge in [0, 0.05) is 10.2 Å². The molecular formula is C23H22BrN5O. The highest BCUT2D eigenvalue weighted by molar-refractivity contribution is 9.10. The van der Waals surface area contributed by atoms with Crippen molar-refractivity contribution in [1.29, 1.82) is 0 Å². The Morgan fingerprint density at radius 1 is 1.00 bits per heavy atom. The zero-order chi connectivity index (χ0) is 21.3. The van der Waals surface area contributed by atoms with Gasteiger partial charge in [0.05, 0.1) is 17.0 Å². The second-order valence-corrected chi connectivity index (χ2v) is 7.97. The predicted molar refractivity (Wildman–Crippen MR) is 122 cm³/mol. The minimum absolute atomic E-state index is 0.259. The highest BCUT2D eigenvalue weighted by Crippen LogP contribution is 2.29. The van der Waals surface area contributed by atoms with E-state index in [0.29, 0.717) is 11.3 Å². The lowest BCUT2D eigenvalue weighted by Crippen LogP contribution is -2.18. The van der Waals surface area contributed by atoms with E-state index in [-0.39, 0.29) is 11.6 Å². The molecule has 0 fully saturated rings. The molecule has 0 unspecified atom stereocenters. The summed E-state index contributed by atoms with van der Waals surface area (Å²) < 4.78 is 2.73. The van der Waals surface area contributed by atoms with Crippen molar-refractivity contribution in [3.63, 3.8) is 0 Å². The molecule has 2 aromatic carbocycles. The molecule has 4 rings (SSSR count). The third kappa shape index (κ3) is 3.73. The summed E-state index contributed by atoms with van der Waals surface area (Å²) in [5, 5.41) is 16.3. The van der Waals surface area contributed by atoms with E-state index in [2.05, 4.69) is 45.3 Å². The summed E-state index contributed by atoms with van der Waals surface area (Å²) in [6.07, 6.45) is 1.70. The number of amides is 1. The lowest BCUT2D eigenvalue weighted by molar-refractivity contribution is 0.102. The standard InChI is InChI=1S/C23H22BrN5O/c1-4-15-6-12-18(13-7-15)25-23(30)21-14(3)29-22(27-26-21)20(19(5-2)28-29)16-8-10-17(24)11-9-16/h6-13H,4-5H2,1-3H3,(H,25,30). The molecule has 0 aliphatic rings. The third-order valence-electron chi connectivity index (χ3n) is 5.14. The van der Waals surface area contributed by atoms with Crippen LogP contribution in [0.2, 0.25) is 0 Å². The molecule has 0 bridgehead atoms. The number of halogens is 1. The van der Waals surface area contributed by atoms with Gasteiger partial charge in [0.25, 0.3) is 5.91 Å². The van der Waals surface area contributed by atoms with Gasteiger partial charge in [0.1, 0.15) is 0 Å². The van der Waals surface area contributed by atoms with Crippen LogP contribution in [0.5, 0.6) is 0 Å². The minimum atomic E-state index is -0.301. The van der Waals surface area contributed by atoms with E-state index in [1.54, 1.807) is 4.52 Å². The fraction of sp³-hybridized carbons (Fsp3) is 0.217. The summed E-state index contributed by atoms with van der Waals surface area (Å²) in [6, 6.07) is 15.8. The lowest BCUT2D eigenvalue weighted by Gasteiger charge is -2.08. The van der Waals surface area contributed by atoms with Gasteiger partial charge in [0.2, 0.25) is 0 Å². The number of aromatic nitrogens is 4. The van der Waals surface area contributed by atoms with Crippen LogP contribution in [0.4, 0.5) is 5.69 Å². The lowest BCUT2D eigenvalue weighted by atomic mass is 10.0. The van der Waals surface area contributed by atoms with Crippen molar-refractivity contribution >= 4 is 33.2 Å². The number of carbonyl (C=O) groups is 1. The zero-order valence-corrected chi connectivity index (χ0v) is 18.7. The molecular weight excluding hydrogens is 442 g/mol. The Kier molecular flexibility index (Phi) is 5.63. The van der Waals surface area contributed by atoms with E-state index in [0.717, 1.165) is 39.8 Å².